The van der Waals surface area contributed by atoms with Crippen LogP contribution in [0.1, 0.15) is 39.0 Å². The fraction of sp³-hybridized carbons (Fsp3) is 1.00. The molecule has 4 nitrogen and oxygen atoms in total. The molecule has 0 amide bonds. The van der Waals surface area contributed by atoms with E-state index in [1.54, 1.807) is 0 Å². The zero-order valence-electron chi connectivity index (χ0n) is 11.0. The summed E-state index contributed by atoms with van der Waals surface area (Å²) in [7, 11) is 0. The molecule has 2 N–H and O–H groups in total. The molecule has 3 unspecified atom stereocenters. The second kappa shape index (κ2) is 3.92. The van der Waals surface area contributed by atoms with Crippen molar-refractivity contribution in [2.75, 3.05) is 6.61 Å². The molecular formula is C14H23NO3. The summed E-state index contributed by atoms with van der Waals surface area (Å²) in [6, 6.07) is 0.375. The van der Waals surface area contributed by atoms with E-state index in [-0.39, 0.29) is 12.2 Å². The largest absolute Gasteiger partial charge is 0.330 e. The highest BCUT2D eigenvalue weighted by molar-refractivity contribution is 5.14. The summed E-state index contributed by atoms with van der Waals surface area (Å²) in [5, 5.41) is 0. The van der Waals surface area contributed by atoms with Gasteiger partial charge in [-0.2, -0.15) is 0 Å². The second-order valence-corrected chi connectivity index (χ2v) is 6.53. The van der Waals surface area contributed by atoms with E-state index in [1.807, 2.05) is 6.92 Å². The van der Waals surface area contributed by atoms with Crippen molar-refractivity contribution in [3.8, 4) is 0 Å². The lowest BCUT2D eigenvalue weighted by atomic mass is 9.69. The minimum absolute atomic E-state index is 0.215. The summed E-state index contributed by atoms with van der Waals surface area (Å²) in [6.45, 7) is 2.17. The van der Waals surface area contributed by atoms with Gasteiger partial charge in [-0.3, -0.25) is 0 Å². The molecular weight excluding hydrogens is 230 g/mol. The van der Waals surface area contributed by atoms with Crippen LogP contribution in [0, 0.1) is 17.3 Å². The second-order valence-electron chi connectivity index (χ2n) is 6.53. The molecule has 102 valence electrons. The molecule has 1 heterocycles. The number of nitrogens with two attached hydrogens (primary N) is 1. The van der Waals surface area contributed by atoms with Crippen LogP contribution < -0.4 is 5.73 Å². The SMILES string of the molecule is CCO[C@@H]1OC2C[C@]3(C[C@H]2O1)C1CCC(C1)[C@H]3N. The van der Waals surface area contributed by atoms with Gasteiger partial charge in [-0.05, 0) is 56.3 Å². The highest BCUT2D eigenvalue weighted by Gasteiger charge is 2.63. The topological polar surface area (TPSA) is 53.7 Å². The maximum atomic E-state index is 6.51. The maximum absolute atomic E-state index is 6.51. The van der Waals surface area contributed by atoms with E-state index in [0.29, 0.717) is 18.1 Å². The van der Waals surface area contributed by atoms with Gasteiger partial charge in [0.1, 0.15) is 0 Å². The van der Waals surface area contributed by atoms with Gasteiger partial charge in [0.25, 0.3) is 6.48 Å². The van der Waals surface area contributed by atoms with E-state index in [0.717, 1.165) is 24.7 Å². The van der Waals surface area contributed by atoms with Crippen LogP contribution in [0.5, 0.6) is 0 Å². The first kappa shape index (κ1) is 11.6. The van der Waals surface area contributed by atoms with Gasteiger partial charge in [0, 0.05) is 12.6 Å². The molecule has 3 aliphatic carbocycles. The third kappa shape index (κ3) is 1.40. The standard InChI is InChI=1S/C14H23NO3/c1-2-16-13-17-10-6-14(7-11(10)18-13)9-4-3-8(5-9)12(14)15/h8-13H,2-7,15H2,1H3/t8?,9?,10-,11?,12-,13+,14-/m1/s1. The minimum Gasteiger partial charge on any atom is -0.330 e. The zero-order valence-corrected chi connectivity index (χ0v) is 11.0. The molecule has 18 heavy (non-hydrogen) atoms. The number of hydrogen-bond donors (Lipinski definition) is 1. The predicted molar refractivity (Wildman–Crippen MR) is 65.6 cm³/mol. The molecule has 4 aliphatic rings. The number of hydrogen-bond acceptors (Lipinski definition) is 4. The maximum Gasteiger partial charge on any atom is 0.272 e. The molecule has 4 heteroatoms. The molecule has 1 aliphatic heterocycles. The van der Waals surface area contributed by atoms with Crippen molar-refractivity contribution in [1.82, 2.24) is 0 Å². The Hall–Kier alpha value is -0.160. The van der Waals surface area contributed by atoms with Crippen LogP contribution in [0.25, 0.3) is 0 Å². The van der Waals surface area contributed by atoms with E-state index in [2.05, 4.69) is 0 Å². The quantitative estimate of drug-likeness (QED) is 0.812. The lowest BCUT2D eigenvalue weighted by Gasteiger charge is -2.40. The summed E-state index contributed by atoms with van der Waals surface area (Å²) >= 11 is 0. The number of rotatable bonds is 2. The van der Waals surface area contributed by atoms with E-state index in [4.69, 9.17) is 19.9 Å². The first-order valence-electron chi connectivity index (χ1n) is 7.41. The first-order chi connectivity index (χ1) is 8.73. The Labute approximate surface area is 108 Å². The highest BCUT2D eigenvalue weighted by Crippen LogP contribution is 2.63. The third-order valence-corrected chi connectivity index (χ3v) is 5.91. The summed E-state index contributed by atoms with van der Waals surface area (Å²) in [5.41, 5.74) is 6.83. The van der Waals surface area contributed by atoms with Gasteiger partial charge in [0.15, 0.2) is 0 Å². The van der Waals surface area contributed by atoms with Crippen molar-refractivity contribution < 1.29 is 14.2 Å². The van der Waals surface area contributed by atoms with Gasteiger partial charge in [0.2, 0.25) is 0 Å². The van der Waals surface area contributed by atoms with Crippen LogP contribution in [0.15, 0.2) is 0 Å². The Morgan fingerprint density at radius 2 is 1.94 bits per heavy atom. The average Bonchev–Trinajstić information content (AvgIpc) is 3.02. The molecule has 4 rings (SSSR count). The van der Waals surface area contributed by atoms with Crippen LogP contribution in [0.4, 0.5) is 0 Å². The monoisotopic (exact) mass is 253 g/mol. The molecule has 2 bridgehead atoms. The average molecular weight is 253 g/mol. The van der Waals surface area contributed by atoms with Crippen molar-refractivity contribution in [2.24, 2.45) is 23.0 Å². The van der Waals surface area contributed by atoms with Crippen LogP contribution in [0.3, 0.4) is 0 Å². The Balaban J connectivity index is 1.50. The molecule has 7 atom stereocenters. The van der Waals surface area contributed by atoms with E-state index in [1.165, 1.54) is 19.3 Å². The van der Waals surface area contributed by atoms with Gasteiger partial charge in [-0.15, -0.1) is 0 Å². The summed E-state index contributed by atoms with van der Waals surface area (Å²) < 4.78 is 17.1. The van der Waals surface area contributed by atoms with Crippen molar-refractivity contribution in [2.45, 2.75) is 63.8 Å². The molecule has 0 aromatic heterocycles. The van der Waals surface area contributed by atoms with Crippen molar-refractivity contribution >= 4 is 0 Å². The van der Waals surface area contributed by atoms with Crippen molar-refractivity contribution in [3.05, 3.63) is 0 Å². The van der Waals surface area contributed by atoms with Gasteiger partial charge >= 0.3 is 0 Å². The van der Waals surface area contributed by atoms with E-state index >= 15 is 0 Å². The Bertz CT molecular complexity index is 330. The minimum atomic E-state index is -0.433. The Kier molecular flexibility index (Phi) is 2.54. The summed E-state index contributed by atoms with van der Waals surface area (Å²) in [5.74, 6) is 1.58. The highest BCUT2D eigenvalue weighted by atomic mass is 16.9. The van der Waals surface area contributed by atoms with Gasteiger partial charge in [-0.1, -0.05) is 0 Å². The molecule has 0 aromatic rings. The van der Waals surface area contributed by atoms with Crippen molar-refractivity contribution in [3.63, 3.8) is 0 Å². The summed E-state index contributed by atoms with van der Waals surface area (Å²) in [6.07, 6.45) is 6.65. The number of fused-ring (bicyclic) bond motifs is 4. The fourth-order valence-corrected chi connectivity index (χ4v) is 5.11. The third-order valence-electron chi connectivity index (χ3n) is 5.91. The normalized spacial score (nSPS) is 57.7. The lowest BCUT2D eigenvalue weighted by molar-refractivity contribution is -0.247. The molecule has 1 spiro atoms. The van der Waals surface area contributed by atoms with Gasteiger partial charge < -0.3 is 19.9 Å². The van der Waals surface area contributed by atoms with Gasteiger partial charge in [-0.25, -0.2) is 0 Å². The predicted octanol–water partition coefficient (Wildman–Crippen LogP) is 1.63. The van der Waals surface area contributed by atoms with Crippen molar-refractivity contribution in [1.29, 1.82) is 0 Å². The lowest BCUT2D eigenvalue weighted by Crippen LogP contribution is -2.45. The van der Waals surface area contributed by atoms with Crippen LogP contribution >= 0.6 is 0 Å². The zero-order chi connectivity index (χ0) is 12.3. The van der Waals surface area contributed by atoms with E-state index < -0.39 is 6.48 Å². The molecule has 3 saturated carbocycles. The molecule has 4 fully saturated rings. The summed E-state index contributed by atoms with van der Waals surface area (Å²) in [4.78, 5) is 0. The number of ether oxygens (including phenoxy) is 3. The Morgan fingerprint density at radius 3 is 2.50 bits per heavy atom. The smallest absolute Gasteiger partial charge is 0.272 e. The van der Waals surface area contributed by atoms with Gasteiger partial charge in [0.05, 0.1) is 12.2 Å². The molecule has 0 aromatic carbocycles. The van der Waals surface area contributed by atoms with Crippen LogP contribution in [0.2, 0.25) is 0 Å². The van der Waals surface area contributed by atoms with Crippen LogP contribution in [-0.4, -0.2) is 31.3 Å². The fourth-order valence-electron chi connectivity index (χ4n) is 5.11. The first-order valence-corrected chi connectivity index (χ1v) is 7.41. The van der Waals surface area contributed by atoms with E-state index in [9.17, 15) is 0 Å². The molecule has 1 saturated heterocycles. The Morgan fingerprint density at radius 1 is 1.22 bits per heavy atom. The van der Waals surface area contributed by atoms with Crippen LogP contribution in [-0.2, 0) is 14.2 Å². The molecule has 0 radical (unpaired) electrons.